The molecule has 1 aliphatic rings. The molecule has 2 heterocycles. The summed E-state index contributed by atoms with van der Waals surface area (Å²) in [7, 11) is 4.32. The summed E-state index contributed by atoms with van der Waals surface area (Å²) in [5.41, 5.74) is 22.6. The quantitative estimate of drug-likeness (QED) is 0.0632. The maximum atomic E-state index is 12.9. The van der Waals surface area contributed by atoms with Crippen LogP contribution in [0.25, 0.3) is 33.3 Å². The van der Waals surface area contributed by atoms with Gasteiger partial charge in [-0.1, -0.05) is 97.1 Å². The summed E-state index contributed by atoms with van der Waals surface area (Å²) in [4.78, 5) is 22.3. The molecule has 1 aromatic heterocycles. The monoisotopic (exact) mass is 1110 g/mol. The van der Waals surface area contributed by atoms with E-state index in [0.717, 1.165) is 74.7 Å². The van der Waals surface area contributed by atoms with Gasteiger partial charge in [-0.15, -0.1) is 0 Å². The van der Waals surface area contributed by atoms with Gasteiger partial charge >= 0.3 is 0 Å². The summed E-state index contributed by atoms with van der Waals surface area (Å²) >= 11 is 0. The highest BCUT2D eigenvalue weighted by atomic mass is 35.5. The number of fused-ring (bicyclic) bond motifs is 2. The van der Waals surface area contributed by atoms with E-state index in [-0.39, 0.29) is 18.2 Å². The largest absolute Gasteiger partial charge is 1.00 e. The Hall–Kier alpha value is -8.13. The van der Waals surface area contributed by atoms with E-state index in [1.807, 2.05) is 43.3 Å². The number of anilines is 4. The molecule has 0 spiro atoms. The van der Waals surface area contributed by atoms with Crippen LogP contribution >= 0.6 is 0 Å². The van der Waals surface area contributed by atoms with E-state index in [4.69, 9.17) is 0 Å². The van der Waals surface area contributed by atoms with Gasteiger partial charge in [0.05, 0.1) is 11.1 Å². The molecular weight excluding hydrogens is 1020 g/mol. The van der Waals surface area contributed by atoms with Crippen molar-refractivity contribution in [1.29, 1.82) is 0 Å². The lowest BCUT2D eigenvalue weighted by Crippen LogP contribution is -3.00. The van der Waals surface area contributed by atoms with Crippen molar-refractivity contribution in [3.05, 3.63) is 245 Å². The lowest BCUT2D eigenvalue weighted by atomic mass is 9.84. The Morgan fingerprint density at radius 2 is 0.854 bits per heavy atom. The van der Waals surface area contributed by atoms with E-state index in [1.54, 1.807) is 0 Å². The molecule has 0 radical (unpaired) electrons. The minimum atomic E-state index is 0. The summed E-state index contributed by atoms with van der Waals surface area (Å²) in [5, 5.41) is 1.30. The Bertz CT molecular complexity index is 3580. The zero-order valence-electron chi connectivity index (χ0n) is 50.7. The molecule has 0 aliphatic carbocycles. The molecule has 0 saturated heterocycles. The standard InChI is InChI=1S/C37H42N3.C22H30N2O.C15H13N.ClH/c1-7-39(8-2)30-22-20-28(21-23-30)35(32-25-24-31(26-27(32)5)40(9-3)10-4)36-33-18-14-15-19-34(33)38(6)37(36)29-16-12-11-13-17-29;1-6-23(7-2)19-12-10-18(11-13-19)22(25)21-15-14-20(16-17(21)5)24(8-3)9-4;1-16-14-10-6-5-9-13(14)11-15(16)12-7-3-2-4-8-12;/h11-26H,7-10H2,1-6H3;10-16H,6-9H2,1-5H3;2-11H,1H3;1H/q+1;;;/p-1. The topological polar surface area (TPSA) is 38.0 Å². The summed E-state index contributed by atoms with van der Waals surface area (Å²) in [6.45, 7) is 29.6. The third-order valence-corrected chi connectivity index (χ3v) is 16.2. The minimum Gasteiger partial charge on any atom is -1.00 e. The van der Waals surface area contributed by atoms with E-state index < -0.39 is 0 Å². The first kappa shape index (κ1) is 61.5. The molecule has 0 N–H and O–H groups in total. The van der Waals surface area contributed by atoms with Crippen LogP contribution in [0.2, 0.25) is 0 Å². The number of hydrogen-bond acceptors (Lipinski definition) is 5. The van der Waals surface area contributed by atoms with Crippen molar-refractivity contribution in [2.75, 3.05) is 79.0 Å². The van der Waals surface area contributed by atoms with Crippen LogP contribution in [-0.2, 0) is 7.05 Å². The van der Waals surface area contributed by atoms with Crippen molar-refractivity contribution in [2.45, 2.75) is 69.2 Å². The first-order valence-electron chi connectivity index (χ1n) is 29.5. The molecule has 1 aliphatic heterocycles. The number of allylic oxidation sites excluding steroid dienone is 1. The molecule has 10 rings (SSSR count). The van der Waals surface area contributed by atoms with Crippen molar-refractivity contribution in [2.24, 2.45) is 7.05 Å². The molecule has 0 unspecified atom stereocenters. The number of rotatable bonds is 18. The number of aromatic nitrogens is 1. The van der Waals surface area contributed by atoms with Gasteiger partial charge in [0.2, 0.25) is 11.4 Å². The number of para-hydroxylation sites is 2. The predicted molar refractivity (Wildman–Crippen MR) is 350 cm³/mol. The maximum absolute atomic E-state index is 12.9. The van der Waals surface area contributed by atoms with Crippen LogP contribution in [-0.4, -0.2) is 80.0 Å². The van der Waals surface area contributed by atoms with Crippen molar-refractivity contribution in [3.63, 3.8) is 0 Å². The smallest absolute Gasteiger partial charge is 0.221 e. The van der Waals surface area contributed by atoms with Crippen LogP contribution in [0.4, 0.5) is 28.4 Å². The van der Waals surface area contributed by atoms with Gasteiger partial charge in [0.1, 0.15) is 7.05 Å². The maximum Gasteiger partial charge on any atom is 0.221 e. The summed E-state index contributed by atoms with van der Waals surface area (Å²) in [6.07, 6.45) is 0. The second kappa shape index (κ2) is 29.0. The molecule has 0 amide bonds. The number of carbonyl (C=O) groups is 1. The number of ketones is 1. The molecule has 7 nitrogen and oxygen atoms in total. The molecule has 424 valence electrons. The third-order valence-electron chi connectivity index (χ3n) is 16.2. The Morgan fingerprint density at radius 1 is 0.439 bits per heavy atom. The SMILES string of the molecule is CCN(CC)c1ccc(C(=C2C(c3ccccc3)=[N+](C)c3ccccc32)c2ccc(N(CC)CC)cc2C)cc1.CCN(CC)c1ccc(C(=O)c2ccc(N(CC)CC)cc2C)cc1.Cn1c(-c2ccccc2)cc2ccccc21.[Cl-]. The highest BCUT2D eigenvalue weighted by molar-refractivity contribution is 6.38. The fraction of sp³-hybridized carbons (Fsp3) is 0.270. The normalized spacial score (nSPS) is 12.1. The lowest BCUT2D eigenvalue weighted by Gasteiger charge is -2.24. The van der Waals surface area contributed by atoms with Crippen LogP contribution in [0.5, 0.6) is 0 Å². The van der Waals surface area contributed by atoms with E-state index in [9.17, 15) is 4.79 Å². The van der Waals surface area contributed by atoms with Gasteiger partial charge in [-0.05, 0) is 194 Å². The van der Waals surface area contributed by atoms with Crippen LogP contribution in [0.3, 0.4) is 0 Å². The number of benzene rings is 8. The van der Waals surface area contributed by atoms with Crippen LogP contribution in [0.1, 0.15) is 105 Å². The fourth-order valence-electron chi connectivity index (χ4n) is 11.6. The van der Waals surface area contributed by atoms with E-state index in [0.29, 0.717) is 0 Å². The summed E-state index contributed by atoms with van der Waals surface area (Å²) in [6, 6.07) is 71.2. The average Bonchev–Trinajstić information content (AvgIpc) is 4.24. The van der Waals surface area contributed by atoms with Crippen molar-refractivity contribution in [1.82, 2.24) is 4.57 Å². The number of nitrogens with zero attached hydrogens (tertiary/aromatic N) is 6. The number of aryl methyl sites for hydroxylation is 3. The van der Waals surface area contributed by atoms with Crippen LogP contribution in [0.15, 0.2) is 200 Å². The molecule has 8 aromatic carbocycles. The van der Waals surface area contributed by atoms with Crippen molar-refractivity contribution in [3.8, 4) is 11.3 Å². The van der Waals surface area contributed by atoms with Crippen molar-refractivity contribution >= 4 is 62.0 Å². The first-order valence-corrected chi connectivity index (χ1v) is 29.5. The van der Waals surface area contributed by atoms with Crippen LogP contribution < -0.4 is 32.0 Å². The molecule has 9 aromatic rings. The van der Waals surface area contributed by atoms with E-state index in [1.165, 1.54) is 89.6 Å². The Kier molecular flexibility index (Phi) is 21.8. The first-order chi connectivity index (χ1) is 39.4. The third kappa shape index (κ3) is 13.4. The predicted octanol–water partition coefficient (Wildman–Crippen LogP) is 14.2. The van der Waals surface area contributed by atoms with Crippen LogP contribution in [0, 0.1) is 13.8 Å². The number of carbonyl (C=O) groups excluding carboxylic acids is 1. The van der Waals surface area contributed by atoms with Gasteiger partial charge in [-0.3, -0.25) is 4.79 Å². The number of halogens is 1. The molecule has 8 heteroatoms. The molecule has 0 atom stereocenters. The van der Waals surface area contributed by atoms with E-state index in [2.05, 4.69) is 269 Å². The van der Waals surface area contributed by atoms with Gasteiger partial charge in [0.15, 0.2) is 5.78 Å². The fourth-order valence-corrected chi connectivity index (χ4v) is 11.6. The summed E-state index contributed by atoms with van der Waals surface area (Å²) < 4.78 is 4.61. The highest BCUT2D eigenvalue weighted by Gasteiger charge is 2.36. The van der Waals surface area contributed by atoms with Gasteiger partial charge in [0, 0.05) is 127 Å². The summed E-state index contributed by atoms with van der Waals surface area (Å²) in [5.74, 6) is 0.0923. The Morgan fingerprint density at radius 3 is 1.34 bits per heavy atom. The molecule has 82 heavy (non-hydrogen) atoms. The second-order valence-corrected chi connectivity index (χ2v) is 20.7. The van der Waals surface area contributed by atoms with E-state index >= 15 is 0 Å². The second-order valence-electron chi connectivity index (χ2n) is 20.7. The minimum absolute atomic E-state index is 0. The van der Waals surface area contributed by atoms with Gasteiger partial charge in [-0.25, -0.2) is 0 Å². The average molecular weight is 1110 g/mol. The molecule has 0 bridgehead atoms. The molecular formula is C74H85ClN6O. The van der Waals surface area contributed by atoms with Crippen molar-refractivity contribution < 1.29 is 21.8 Å². The number of hydrogen-bond donors (Lipinski definition) is 0. The molecule has 0 fully saturated rings. The highest BCUT2D eigenvalue weighted by Crippen LogP contribution is 2.44. The lowest BCUT2D eigenvalue weighted by molar-refractivity contribution is -0.400. The van der Waals surface area contributed by atoms with Gasteiger partial charge in [-0.2, -0.15) is 4.58 Å². The van der Waals surface area contributed by atoms with Gasteiger partial charge < -0.3 is 36.6 Å². The van der Waals surface area contributed by atoms with Gasteiger partial charge in [0.25, 0.3) is 0 Å². The molecule has 0 saturated carbocycles. The zero-order valence-corrected chi connectivity index (χ0v) is 51.4. The Labute approximate surface area is 496 Å². The zero-order chi connectivity index (χ0) is 57.6. The Balaban J connectivity index is 0.000000195.